The van der Waals surface area contributed by atoms with E-state index in [-0.39, 0.29) is 0 Å². The van der Waals surface area contributed by atoms with E-state index in [1.165, 1.54) is 5.46 Å². The maximum atomic E-state index is 5.24. The highest BCUT2D eigenvalue weighted by Crippen LogP contribution is 2.21. The number of methoxy groups -OCH3 is 1. The van der Waals surface area contributed by atoms with Crippen LogP contribution in [0, 0.1) is 0 Å². The van der Waals surface area contributed by atoms with Gasteiger partial charge in [-0.1, -0.05) is 11.5 Å². The van der Waals surface area contributed by atoms with Crippen LogP contribution in [0.25, 0.3) is 10.9 Å². The van der Waals surface area contributed by atoms with Gasteiger partial charge in [-0.25, -0.2) is 0 Å². The third-order valence-electron chi connectivity index (χ3n) is 2.15. The number of nitrogens with zero attached hydrogens (tertiary/aromatic N) is 1. The molecule has 0 fully saturated rings. The monoisotopic (exact) mass is 171 g/mol. The largest absolute Gasteiger partial charge is 0.496 e. The minimum absolute atomic E-state index is 0.883. The van der Waals surface area contributed by atoms with Crippen molar-refractivity contribution in [3.63, 3.8) is 0 Å². The van der Waals surface area contributed by atoms with Gasteiger partial charge in [0.25, 0.3) is 0 Å². The lowest BCUT2D eigenvalue weighted by molar-refractivity contribution is 0.420. The molecule has 0 amide bonds. The standard InChI is InChI=1S/C10H10BNO/c1-13-9-5-4-8(11)10-7(9)3-2-6-12-10/h2-6H,11H2,1H3. The predicted molar refractivity (Wildman–Crippen MR) is 56.5 cm³/mol. The Morgan fingerprint density at radius 1 is 1.31 bits per heavy atom. The molecule has 64 valence electrons. The minimum Gasteiger partial charge on any atom is -0.496 e. The SMILES string of the molecule is Bc1ccc(OC)c2cccnc12. The van der Waals surface area contributed by atoms with Gasteiger partial charge in [-0.3, -0.25) is 4.98 Å². The fourth-order valence-electron chi connectivity index (χ4n) is 1.47. The number of fused-ring (bicyclic) bond motifs is 1. The normalized spacial score (nSPS) is 10.2. The van der Waals surface area contributed by atoms with Gasteiger partial charge in [0.15, 0.2) is 0 Å². The van der Waals surface area contributed by atoms with Crippen LogP contribution in [0.4, 0.5) is 0 Å². The molecule has 0 unspecified atom stereocenters. The van der Waals surface area contributed by atoms with Gasteiger partial charge < -0.3 is 4.74 Å². The summed E-state index contributed by atoms with van der Waals surface area (Å²) in [5.74, 6) is 0.883. The first-order valence-electron chi connectivity index (χ1n) is 4.21. The molecule has 2 aromatic rings. The van der Waals surface area contributed by atoms with Crippen LogP contribution in [0.15, 0.2) is 30.5 Å². The number of aromatic nitrogens is 1. The summed E-state index contributed by atoms with van der Waals surface area (Å²) in [6, 6.07) is 7.94. The molecule has 0 aliphatic rings. The van der Waals surface area contributed by atoms with Gasteiger partial charge in [-0.05, 0) is 18.2 Å². The zero-order valence-corrected chi connectivity index (χ0v) is 7.74. The molecule has 0 atom stereocenters. The van der Waals surface area contributed by atoms with Crippen LogP contribution in [0.5, 0.6) is 5.75 Å². The quantitative estimate of drug-likeness (QED) is 0.583. The average molecular weight is 171 g/mol. The summed E-state index contributed by atoms with van der Waals surface area (Å²) in [4.78, 5) is 4.31. The zero-order valence-electron chi connectivity index (χ0n) is 7.74. The van der Waals surface area contributed by atoms with Gasteiger partial charge in [0.1, 0.15) is 13.6 Å². The van der Waals surface area contributed by atoms with Crippen LogP contribution >= 0.6 is 0 Å². The smallest absolute Gasteiger partial charge is 0.142 e. The maximum absolute atomic E-state index is 5.24. The summed E-state index contributed by atoms with van der Waals surface area (Å²) in [6.45, 7) is 0. The summed E-state index contributed by atoms with van der Waals surface area (Å²) in [6.07, 6.45) is 1.80. The van der Waals surface area contributed by atoms with E-state index in [1.54, 1.807) is 13.3 Å². The Bertz CT molecular complexity index is 442. The molecule has 0 saturated heterocycles. The number of ether oxygens (including phenoxy) is 1. The van der Waals surface area contributed by atoms with E-state index in [0.717, 1.165) is 16.7 Å². The Morgan fingerprint density at radius 2 is 2.15 bits per heavy atom. The van der Waals surface area contributed by atoms with E-state index < -0.39 is 0 Å². The molecular weight excluding hydrogens is 161 g/mol. The molecule has 1 aromatic heterocycles. The number of hydrogen-bond donors (Lipinski definition) is 0. The maximum Gasteiger partial charge on any atom is 0.142 e. The van der Waals surface area contributed by atoms with Crippen LogP contribution < -0.4 is 10.2 Å². The molecule has 0 saturated carbocycles. The van der Waals surface area contributed by atoms with Crippen molar-refractivity contribution in [2.24, 2.45) is 0 Å². The predicted octanol–water partition coefficient (Wildman–Crippen LogP) is 0.502. The first-order chi connectivity index (χ1) is 6.33. The van der Waals surface area contributed by atoms with E-state index in [9.17, 15) is 0 Å². The van der Waals surface area contributed by atoms with Crippen molar-refractivity contribution in [2.75, 3.05) is 7.11 Å². The van der Waals surface area contributed by atoms with Crippen molar-refractivity contribution in [2.45, 2.75) is 0 Å². The minimum atomic E-state index is 0.883. The molecule has 13 heavy (non-hydrogen) atoms. The zero-order chi connectivity index (χ0) is 9.26. The number of pyridine rings is 1. The molecule has 0 radical (unpaired) electrons. The first kappa shape index (κ1) is 8.11. The molecular formula is C10H10BNO. The molecule has 3 heteroatoms. The van der Waals surface area contributed by atoms with Crippen molar-refractivity contribution < 1.29 is 4.74 Å². The van der Waals surface area contributed by atoms with Crippen LogP contribution in [-0.4, -0.2) is 19.9 Å². The van der Waals surface area contributed by atoms with Crippen molar-refractivity contribution >= 4 is 24.2 Å². The lowest BCUT2D eigenvalue weighted by Gasteiger charge is -2.06. The van der Waals surface area contributed by atoms with Crippen LogP contribution in [0.2, 0.25) is 0 Å². The van der Waals surface area contributed by atoms with Gasteiger partial charge in [-0.2, -0.15) is 0 Å². The Hall–Kier alpha value is -1.51. The number of benzene rings is 1. The number of rotatable bonds is 1. The lowest BCUT2D eigenvalue weighted by atomic mass is 9.93. The van der Waals surface area contributed by atoms with Crippen LogP contribution in [0.1, 0.15) is 0 Å². The molecule has 2 rings (SSSR count). The van der Waals surface area contributed by atoms with Crippen LogP contribution in [-0.2, 0) is 0 Å². The Labute approximate surface area is 78.0 Å². The second kappa shape index (κ2) is 3.09. The highest BCUT2D eigenvalue weighted by atomic mass is 16.5. The highest BCUT2D eigenvalue weighted by Gasteiger charge is 2.02. The molecule has 0 aliphatic heterocycles. The van der Waals surface area contributed by atoms with E-state index in [1.807, 2.05) is 24.3 Å². The molecule has 0 spiro atoms. The van der Waals surface area contributed by atoms with Gasteiger partial charge in [-0.15, -0.1) is 0 Å². The fourth-order valence-corrected chi connectivity index (χ4v) is 1.47. The highest BCUT2D eigenvalue weighted by molar-refractivity contribution is 6.38. The topological polar surface area (TPSA) is 22.1 Å². The summed E-state index contributed by atoms with van der Waals surface area (Å²) >= 11 is 0. The number of hydrogen-bond acceptors (Lipinski definition) is 2. The van der Waals surface area contributed by atoms with Crippen LogP contribution in [0.3, 0.4) is 0 Å². The van der Waals surface area contributed by atoms with E-state index in [0.29, 0.717) is 0 Å². The fraction of sp³-hybridized carbons (Fsp3) is 0.100. The van der Waals surface area contributed by atoms with Crippen molar-refractivity contribution in [3.05, 3.63) is 30.5 Å². The summed E-state index contributed by atoms with van der Waals surface area (Å²) < 4.78 is 5.24. The second-order valence-corrected chi connectivity index (χ2v) is 2.98. The summed E-state index contributed by atoms with van der Waals surface area (Å²) in [7, 11) is 3.73. The van der Waals surface area contributed by atoms with Gasteiger partial charge in [0.2, 0.25) is 0 Å². The Morgan fingerprint density at radius 3 is 2.92 bits per heavy atom. The van der Waals surface area contributed by atoms with E-state index in [4.69, 9.17) is 4.74 Å². The van der Waals surface area contributed by atoms with E-state index >= 15 is 0 Å². The first-order valence-corrected chi connectivity index (χ1v) is 4.21. The van der Waals surface area contributed by atoms with Crippen molar-refractivity contribution in [3.8, 4) is 5.75 Å². The average Bonchev–Trinajstić information content (AvgIpc) is 2.19. The molecule has 1 heterocycles. The molecule has 1 aromatic carbocycles. The summed E-state index contributed by atoms with van der Waals surface area (Å²) in [5, 5.41) is 1.07. The van der Waals surface area contributed by atoms with Crippen molar-refractivity contribution in [1.29, 1.82) is 0 Å². The molecule has 2 nitrogen and oxygen atoms in total. The second-order valence-electron chi connectivity index (χ2n) is 2.98. The third-order valence-corrected chi connectivity index (χ3v) is 2.15. The summed E-state index contributed by atoms with van der Waals surface area (Å²) in [5.41, 5.74) is 2.19. The molecule has 0 aliphatic carbocycles. The molecule has 0 bridgehead atoms. The van der Waals surface area contributed by atoms with Crippen molar-refractivity contribution in [1.82, 2.24) is 4.98 Å². The van der Waals surface area contributed by atoms with E-state index in [2.05, 4.69) is 12.8 Å². The lowest BCUT2D eigenvalue weighted by Crippen LogP contribution is -2.05. The van der Waals surface area contributed by atoms with Gasteiger partial charge in [0.05, 0.1) is 12.6 Å². The molecule has 0 N–H and O–H groups in total. The third kappa shape index (κ3) is 1.26. The van der Waals surface area contributed by atoms with Gasteiger partial charge >= 0.3 is 0 Å². The Balaban J connectivity index is 2.84. The Kier molecular flexibility index (Phi) is 1.93. The van der Waals surface area contributed by atoms with Gasteiger partial charge in [0, 0.05) is 11.6 Å².